The third-order valence-electron chi connectivity index (χ3n) is 4.96. The number of aromatic nitrogens is 2. The summed E-state index contributed by atoms with van der Waals surface area (Å²) in [4.78, 5) is 13.3. The molecule has 0 saturated heterocycles. The van der Waals surface area contributed by atoms with Crippen LogP contribution in [0.3, 0.4) is 0 Å². The van der Waals surface area contributed by atoms with E-state index in [0.29, 0.717) is 17.1 Å². The van der Waals surface area contributed by atoms with Gasteiger partial charge in [0.05, 0.1) is 28.5 Å². The summed E-state index contributed by atoms with van der Waals surface area (Å²) in [6, 6.07) is 14.8. The Kier molecular flexibility index (Phi) is 6.32. The van der Waals surface area contributed by atoms with Crippen LogP contribution in [0.1, 0.15) is 32.2 Å². The Morgan fingerprint density at radius 1 is 1.09 bits per heavy atom. The lowest BCUT2D eigenvalue weighted by molar-refractivity contribution is 0.103. The number of carbonyl (C=O) groups is 1. The van der Waals surface area contributed by atoms with Crippen molar-refractivity contribution in [1.29, 1.82) is 0 Å². The second-order valence-corrected chi connectivity index (χ2v) is 8.24. The van der Waals surface area contributed by atoms with Crippen molar-refractivity contribution in [2.45, 2.75) is 27.0 Å². The Hall–Kier alpha value is -3.52. The summed E-state index contributed by atoms with van der Waals surface area (Å²) in [5, 5.41) is 9.28. The van der Waals surface area contributed by atoms with E-state index in [1.165, 1.54) is 17.4 Å². The van der Waals surface area contributed by atoms with Gasteiger partial charge in [-0.25, -0.2) is 8.78 Å². The monoisotopic (exact) mass is 453 g/mol. The minimum Gasteiger partial charge on any atom is -0.486 e. The Morgan fingerprint density at radius 2 is 1.88 bits per heavy atom. The fourth-order valence-electron chi connectivity index (χ4n) is 3.29. The number of hydrogen-bond acceptors (Lipinski definition) is 4. The van der Waals surface area contributed by atoms with Crippen LogP contribution in [-0.2, 0) is 13.2 Å². The van der Waals surface area contributed by atoms with Crippen LogP contribution in [0, 0.1) is 25.5 Å². The van der Waals surface area contributed by atoms with E-state index in [-0.39, 0.29) is 18.3 Å². The van der Waals surface area contributed by atoms with Gasteiger partial charge in [-0.15, -0.1) is 11.3 Å². The number of thiophene rings is 1. The molecule has 4 rings (SSSR count). The lowest BCUT2D eigenvalue weighted by Gasteiger charge is -2.07. The van der Waals surface area contributed by atoms with Crippen molar-refractivity contribution in [3.05, 3.63) is 99.0 Å². The molecule has 1 N–H and O–H groups in total. The van der Waals surface area contributed by atoms with Gasteiger partial charge in [-0.05, 0) is 43.0 Å². The number of carbonyl (C=O) groups excluding carboxylic acids is 1. The highest BCUT2D eigenvalue weighted by molar-refractivity contribution is 7.12. The maximum absolute atomic E-state index is 13.7. The Morgan fingerprint density at radius 3 is 2.62 bits per heavy atom. The molecule has 0 aliphatic rings. The van der Waals surface area contributed by atoms with E-state index in [4.69, 9.17) is 4.74 Å². The molecule has 4 aromatic rings. The van der Waals surface area contributed by atoms with Gasteiger partial charge in [0.1, 0.15) is 12.4 Å². The summed E-state index contributed by atoms with van der Waals surface area (Å²) in [5.41, 5.74) is 4.13. The van der Waals surface area contributed by atoms with Crippen LogP contribution in [0.2, 0.25) is 0 Å². The average molecular weight is 454 g/mol. The zero-order valence-corrected chi connectivity index (χ0v) is 18.4. The Balaban J connectivity index is 1.42. The smallest absolute Gasteiger partial charge is 0.265 e. The van der Waals surface area contributed by atoms with Crippen LogP contribution < -0.4 is 10.1 Å². The number of benzene rings is 2. The Labute approximate surface area is 188 Å². The molecule has 8 heteroatoms. The van der Waals surface area contributed by atoms with Gasteiger partial charge in [0, 0.05) is 11.6 Å². The number of nitrogens with one attached hydrogen (secondary N) is 1. The number of rotatable bonds is 7. The first-order valence-corrected chi connectivity index (χ1v) is 10.8. The second kappa shape index (κ2) is 9.32. The second-order valence-electron chi connectivity index (χ2n) is 7.33. The number of amides is 1. The highest BCUT2D eigenvalue weighted by Crippen LogP contribution is 2.24. The van der Waals surface area contributed by atoms with Gasteiger partial charge in [0.2, 0.25) is 0 Å². The minimum atomic E-state index is -0.767. The molecule has 2 aromatic heterocycles. The van der Waals surface area contributed by atoms with E-state index >= 15 is 0 Å². The van der Waals surface area contributed by atoms with Crippen LogP contribution in [0.5, 0.6) is 5.75 Å². The fraction of sp³-hybridized carbons (Fsp3) is 0.167. The van der Waals surface area contributed by atoms with Crippen molar-refractivity contribution in [2.24, 2.45) is 0 Å². The van der Waals surface area contributed by atoms with Gasteiger partial charge in [-0.1, -0.05) is 30.3 Å². The fourth-order valence-corrected chi connectivity index (χ4v) is 4.08. The molecule has 0 aliphatic heterocycles. The summed E-state index contributed by atoms with van der Waals surface area (Å²) in [5.74, 6) is -1.72. The quantitative estimate of drug-likeness (QED) is 0.389. The molecule has 2 aromatic carbocycles. The lowest BCUT2D eigenvalue weighted by atomic mass is 10.2. The molecule has 5 nitrogen and oxygen atoms in total. The largest absolute Gasteiger partial charge is 0.486 e. The van der Waals surface area contributed by atoms with Crippen LogP contribution in [0.4, 0.5) is 14.5 Å². The van der Waals surface area contributed by atoms with Crippen LogP contribution in [0.25, 0.3) is 0 Å². The van der Waals surface area contributed by atoms with Gasteiger partial charge in [0.15, 0.2) is 11.6 Å². The number of nitrogens with zero attached hydrogens (tertiary/aromatic N) is 2. The zero-order valence-electron chi connectivity index (χ0n) is 17.6. The van der Waals surface area contributed by atoms with E-state index in [0.717, 1.165) is 34.6 Å². The number of aryl methyl sites for hydroxylation is 1. The topological polar surface area (TPSA) is 56.2 Å². The lowest BCUT2D eigenvalue weighted by Crippen LogP contribution is -2.12. The molecule has 0 aliphatic carbocycles. The van der Waals surface area contributed by atoms with Crippen LogP contribution >= 0.6 is 11.3 Å². The summed E-state index contributed by atoms with van der Waals surface area (Å²) >= 11 is 1.27. The number of anilines is 1. The third kappa shape index (κ3) is 4.86. The van der Waals surface area contributed by atoms with Crippen molar-refractivity contribution in [3.8, 4) is 5.75 Å². The summed E-state index contributed by atoms with van der Waals surface area (Å²) in [6.07, 6.45) is 0. The SMILES string of the molecule is Cc1nn(Cc2ccccc2)c(C)c1NC(=O)c1cc(COc2ccc(F)cc2F)cs1. The first kappa shape index (κ1) is 21.7. The standard InChI is InChI=1S/C24H21F2N3O2S/c1-15-23(16(2)29(28-15)12-17-6-4-3-5-7-17)27-24(30)22-10-18(14-32-22)13-31-21-9-8-19(25)11-20(21)26/h3-11,14H,12-13H2,1-2H3,(H,27,30). The molecule has 0 unspecified atom stereocenters. The number of halogens is 2. The van der Waals surface area contributed by atoms with Gasteiger partial charge in [-0.3, -0.25) is 9.48 Å². The van der Waals surface area contributed by atoms with Crippen molar-refractivity contribution >= 4 is 22.9 Å². The summed E-state index contributed by atoms with van der Waals surface area (Å²) < 4.78 is 34.0. The molecule has 0 spiro atoms. The normalized spacial score (nSPS) is 10.9. The highest BCUT2D eigenvalue weighted by atomic mass is 32.1. The van der Waals surface area contributed by atoms with Gasteiger partial charge >= 0.3 is 0 Å². The van der Waals surface area contributed by atoms with E-state index in [1.807, 2.05) is 48.9 Å². The molecule has 0 radical (unpaired) electrons. The number of ether oxygens (including phenoxy) is 1. The van der Waals surface area contributed by atoms with E-state index in [9.17, 15) is 13.6 Å². The minimum absolute atomic E-state index is 0.0410. The summed E-state index contributed by atoms with van der Waals surface area (Å²) in [6.45, 7) is 4.46. The predicted molar refractivity (Wildman–Crippen MR) is 120 cm³/mol. The molecular weight excluding hydrogens is 432 g/mol. The van der Waals surface area contributed by atoms with E-state index < -0.39 is 11.6 Å². The van der Waals surface area contributed by atoms with Crippen LogP contribution in [0.15, 0.2) is 60.0 Å². The van der Waals surface area contributed by atoms with Crippen molar-refractivity contribution < 1.29 is 18.3 Å². The molecular formula is C24H21F2N3O2S. The molecule has 0 saturated carbocycles. The van der Waals surface area contributed by atoms with Gasteiger partial charge in [-0.2, -0.15) is 5.10 Å². The number of hydrogen-bond donors (Lipinski definition) is 1. The molecule has 164 valence electrons. The molecule has 0 fully saturated rings. The van der Waals surface area contributed by atoms with E-state index in [1.54, 1.807) is 11.4 Å². The maximum atomic E-state index is 13.7. The van der Waals surface area contributed by atoms with Crippen LogP contribution in [-0.4, -0.2) is 15.7 Å². The summed E-state index contributed by atoms with van der Waals surface area (Å²) in [7, 11) is 0. The molecule has 32 heavy (non-hydrogen) atoms. The first-order chi connectivity index (χ1) is 15.4. The first-order valence-electron chi connectivity index (χ1n) is 9.95. The van der Waals surface area contributed by atoms with Gasteiger partial charge < -0.3 is 10.1 Å². The van der Waals surface area contributed by atoms with Crippen molar-refractivity contribution in [1.82, 2.24) is 9.78 Å². The zero-order chi connectivity index (χ0) is 22.7. The predicted octanol–water partition coefficient (Wildman–Crippen LogP) is 5.72. The average Bonchev–Trinajstić information content (AvgIpc) is 3.34. The van der Waals surface area contributed by atoms with Crippen molar-refractivity contribution in [3.63, 3.8) is 0 Å². The molecule has 0 atom stereocenters. The molecule has 1 amide bonds. The third-order valence-corrected chi connectivity index (χ3v) is 5.94. The van der Waals surface area contributed by atoms with E-state index in [2.05, 4.69) is 10.4 Å². The maximum Gasteiger partial charge on any atom is 0.265 e. The molecule has 2 heterocycles. The molecule has 0 bridgehead atoms. The highest BCUT2D eigenvalue weighted by Gasteiger charge is 2.17. The van der Waals surface area contributed by atoms with Gasteiger partial charge in [0.25, 0.3) is 5.91 Å². The van der Waals surface area contributed by atoms with Crippen molar-refractivity contribution in [2.75, 3.05) is 5.32 Å². The Bertz CT molecular complexity index is 1250.